The first-order chi connectivity index (χ1) is 7.35. The lowest BCUT2D eigenvalue weighted by molar-refractivity contribution is -0.109. The lowest BCUT2D eigenvalue weighted by Gasteiger charge is -2.13. The monoisotopic (exact) mass is 286 g/mol. The highest BCUT2D eigenvalue weighted by Gasteiger charge is 2.14. The average molecular weight is 286 g/mol. The lowest BCUT2D eigenvalue weighted by Crippen LogP contribution is -2.08. The van der Waals surface area contributed by atoms with Gasteiger partial charge < -0.3 is 0 Å². The van der Waals surface area contributed by atoms with E-state index in [4.69, 9.17) is 4.55 Å². The number of thioether (sulfide) groups is 2. The molecular formula is C9H18O4S3. The third-order valence-corrected chi connectivity index (χ3v) is 5.23. The van der Waals surface area contributed by atoms with Crippen LogP contribution in [0.25, 0.3) is 0 Å². The second-order valence-electron chi connectivity index (χ2n) is 3.34. The summed E-state index contributed by atoms with van der Waals surface area (Å²) in [6.45, 7) is 3.56. The molecule has 1 unspecified atom stereocenters. The van der Waals surface area contributed by atoms with E-state index in [1.165, 1.54) is 18.7 Å². The molecule has 0 heterocycles. The van der Waals surface area contributed by atoms with Crippen molar-refractivity contribution in [3.63, 3.8) is 0 Å². The number of hydrogen-bond donors (Lipinski definition) is 1. The number of carbonyl (C=O) groups excluding carboxylic acids is 1. The van der Waals surface area contributed by atoms with Gasteiger partial charge in [0.1, 0.15) is 0 Å². The van der Waals surface area contributed by atoms with E-state index in [1.54, 1.807) is 11.8 Å². The Bertz CT molecular complexity index is 300. The summed E-state index contributed by atoms with van der Waals surface area (Å²) in [7, 11) is -3.87. The van der Waals surface area contributed by atoms with Crippen LogP contribution in [0.2, 0.25) is 0 Å². The Morgan fingerprint density at radius 1 is 1.44 bits per heavy atom. The van der Waals surface area contributed by atoms with Gasteiger partial charge in [0.15, 0.2) is 5.12 Å². The van der Waals surface area contributed by atoms with Crippen molar-refractivity contribution < 1.29 is 17.8 Å². The minimum atomic E-state index is -3.87. The van der Waals surface area contributed by atoms with Crippen molar-refractivity contribution in [2.24, 2.45) is 0 Å². The molecule has 96 valence electrons. The van der Waals surface area contributed by atoms with E-state index in [1.807, 2.05) is 0 Å². The summed E-state index contributed by atoms with van der Waals surface area (Å²) in [6, 6.07) is 0. The summed E-state index contributed by atoms with van der Waals surface area (Å²) in [5, 5.41) is 0.0421. The molecule has 0 saturated carbocycles. The minimum absolute atomic E-state index is 0.0421. The fraction of sp³-hybridized carbons (Fsp3) is 0.889. The van der Waals surface area contributed by atoms with Crippen LogP contribution in [-0.2, 0) is 14.9 Å². The highest BCUT2D eigenvalue weighted by atomic mass is 32.2. The van der Waals surface area contributed by atoms with Gasteiger partial charge in [0.25, 0.3) is 10.1 Å². The Morgan fingerprint density at radius 2 is 2.06 bits per heavy atom. The Kier molecular flexibility index (Phi) is 8.53. The molecule has 7 heteroatoms. The van der Waals surface area contributed by atoms with Crippen molar-refractivity contribution in [3.8, 4) is 0 Å². The molecule has 0 fully saturated rings. The smallest absolute Gasteiger partial charge is 0.264 e. The van der Waals surface area contributed by atoms with Crippen LogP contribution in [0, 0.1) is 0 Å². The molecule has 0 aromatic rings. The van der Waals surface area contributed by atoms with E-state index in [9.17, 15) is 13.2 Å². The van der Waals surface area contributed by atoms with Crippen molar-refractivity contribution >= 4 is 38.8 Å². The molecule has 0 aliphatic carbocycles. The predicted octanol–water partition coefficient (Wildman–Crippen LogP) is 2.40. The zero-order valence-corrected chi connectivity index (χ0v) is 12.0. The molecule has 4 nitrogen and oxygen atoms in total. The number of hydrogen-bond acceptors (Lipinski definition) is 5. The Balaban J connectivity index is 3.95. The molecule has 0 bridgehead atoms. The molecule has 0 aromatic heterocycles. The van der Waals surface area contributed by atoms with Gasteiger partial charge in [0, 0.05) is 6.92 Å². The second kappa shape index (κ2) is 8.38. The Hall–Kier alpha value is 0.280. The molecule has 0 saturated heterocycles. The van der Waals surface area contributed by atoms with Gasteiger partial charge in [-0.3, -0.25) is 9.35 Å². The van der Waals surface area contributed by atoms with Crippen molar-refractivity contribution in [3.05, 3.63) is 0 Å². The fourth-order valence-corrected chi connectivity index (χ4v) is 4.03. The topological polar surface area (TPSA) is 71.4 Å². The van der Waals surface area contributed by atoms with E-state index in [-0.39, 0.29) is 15.5 Å². The quantitative estimate of drug-likeness (QED) is 0.546. The summed E-state index contributed by atoms with van der Waals surface area (Å²) in [6.07, 6.45) is 2.03. The average Bonchev–Trinajstić information content (AvgIpc) is 2.11. The van der Waals surface area contributed by atoms with Crippen molar-refractivity contribution in [2.75, 3.05) is 11.5 Å². The highest BCUT2D eigenvalue weighted by molar-refractivity contribution is 8.24. The van der Waals surface area contributed by atoms with E-state index >= 15 is 0 Å². The minimum Gasteiger partial charge on any atom is -0.288 e. The fourth-order valence-electron chi connectivity index (χ4n) is 1.04. The van der Waals surface area contributed by atoms with Crippen LogP contribution in [0.3, 0.4) is 0 Å². The Morgan fingerprint density at radius 3 is 2.50 bits per heavy atom. The molecule has 0 aliphatic rings. The van der Waals surface area contributed by atoms with Gasteiger partial charge in [-0.15, -0.1) is 11.8 Å². The van der Waals surface area contributed by atoms with Gasteiger partial charge in [-0.2, -0.15) is 8.42 Å². The molecule has 16 heavy (non-hydrogen) atoms. The third-order valence-electron chi connectivity index (χ3n) is 1.65. The van der Waals surface area contributed by atoms with E-state index in [0.717, 1.165) is 12.2 Å². The van der Waals surface area contributed by atoms with E-state index in [2.05, 4.69) is 6.92 Å². The second-order valence-corrected chi connectivity index (χ2v) is 7.90. The van der Waals surface area contributed by atoms with Gasteiger partial charge in [0.05, 0.1) is 10.3 Å². The van der Waals surface area contributed by atoms with Crippen molar-refractivity contribution in [1.82, 2.24) is 0 Å². The SMILES string of the molecule is CCCSC(CCCS(=O)(=O)O)SC(C)=O. The van der Waals surface area contributed by atoms with Crippen LogP contribution >= 0.6 is 23.5 Å². The third kappa shape index (κ3) is 10.8. The molecule has 0 spiro atoms. The van der Waals surface area contributed by atoms with Gasteiger partial charge in [0.2, 0.25) is 0 Å². The predicted molar refractivity (Wildman–Crippen MR) is 70.5 cm³/mol. The van der Waals surface area contributed by atoms with Gasteiger partial charge in [-0.25, -0.2) is 0 Å². The Labute approximate surface area is 106 Å². The summed E-state index contributed by atoms with van der Waals surface area (Å²) in [5.41, 5.74) is 0. The molecule has 0 rings (SSSR count). The maximum absolute atomic E-state index is 11.0. The van der Waals surface area contributed by atoms with Crippen LogP contribution in [0.15, 0.2) is 0 Å². The van der Waals surface area contributed by atoms with E-state index < -0.39 is 10.1 Å². The van der Waals surface area contributed by atoms with E-state index in [0.29, 0.717) is 12.8 Å². The molecule has 1 atom stereocenters. The largest absolute Gasteiger partial charge is 0.288 e. The van der Waals surface area contributed by atoms with Gasteiger partial charge in [-0.1, -0.05) is 18.7 Å². The molecule has 1 N–H and O–H groups in total. The zero-order chi connectivity index (χ0) is 12.6. The van der Waals surface area contributed by atoms with Crippen LogP contribution in [0.5, 0.6) is 0 Å². The molecule has 0 amide bonds. The first-order valence-corrected chi connectivity index (χ1v) is 8.63. The van der Waals surface area contributed by atoms with Crippen LogP contribution in [0.1, 0.15) is 33.1 Å². The standard InChI is InChI=1S/C9H18O4S3/c1-3-6-14-9(15-8(2)10)5-4-7-16(11,12)13/h9H,3-7H2,1-2H3,(H,11,12,13). The van der Waals surface area contributed by atoms with Gasteiger partial charge >= 0.3 is 0 Å². The number of carbonyl (C=O) groups is 1. The summed E-state index contributed by atoms with van der Waals surface area (Å²) in [5.74, 6) is 0.728. The summed E-state index contributed by atoms with van der Waals surface area (Å²) < 4.78 is 29.7. The lowest BCUT2D eigenvalue weighted by atomic mass is 10.4. The van der Waals surface area contributed by atoms with Crippen LogP contribution < -0.4 is 0 Å². The van der Waals surface area contributed by atoms with Crippen molar-refractivity contribution in [1.29, 1.82) is 0 Å². The zero-order valence-electron chi connectivity index (χ0n) is 9.51. The molecule has 0 radical (unpaired) electrons. The summed E-state index contributed by atoms with van der Waals surface area (Å²) in [4.78, 5) is 11.0. The van der Waals surface area contributed by atoms with Crippen molar-refractivity contribution in [2.45, 2.75) is 37.7 Å². The first kappa shape index (κ1) is 16.3. The normalized spacial score (nSPS) is 13.7. The highest BCUT2D eigenvalue weighted by Crippen LogP contribution is 2.29. The maximum Gasteiger partial charge on any atom is 0.264 e. The van der Waals surface area contributed by atoms with Crippen LogP contribution in [-0.4, -0.2) is 34.2 Å². The van der Waals surface area contributed by atoms with Gasteiger partial charge in [-0.05, 0) is 25.0 Å². The molecule has 0 aliphatic heterocycles. The molecular weight excluding hydrogens is 268 g/mol. The summed E-state index contributed by atoms with van der Waals surface area (Å²) >= 11 is 2.90. The van der Waals surface area contributed by atoms with Crippen LogP contribution in [0.4, 0.5) is 0 Å². The maximum atomic E-state index is 11.0. The number of rotatable bonds is 8. The first-order valence-electron chi connectivity index (χ1n) is 5.09. The molecule has 0 aromatic carbocycles.